The molecule has 1 saturated heterocycles. The Bertz CT molecular complexity index is 1180. The molecule has 1 aliphatic rings. The molecule has 1 aliphatic heterocycles. The molecule has 9 heteroatoms. The lowest BCUT2D eigenvalue weighted by Crippen LogP contribution is -2.36. The minimum atomic E-state index is -0.576. The van der Waals surface area contributed by atoms with Crippen LogP contribution < -0.4 is 5.32 Å². The molecule has 0 saturated carbocycles. The van der Waals surface area contributed by atoms with E-state index >= 15 is 0 Å². The zero-order chi connectivity index (χ0) is 21.2. The van der Waals surface area contributed by atoms with Crippen LogP contribution >= 0.6 is 0 Å². The van der Waals surface area contributed by atoms with Gasteiger partial charge in [-0.15, -0.1) is 0 Å². The summed E-state index contributed by atoms with van der Waals surface area (Å²) in [6.45, 7) is 2.69. The molecule has 0 atom stereocenters. The van der Waals surface area contributed by atoms with Crippen molar-refractivity contribution < 1.29 is 13.5 Å². The van der Waals surface area contributed by atoms with Crippen molar-refractivity contribution in [2.75, 3.05) is 31.6 Å². The molecule has 1 aromatic carbocycles. The fraction of sp³-hybridized carbons (Fsp3) is 0.227. The van der Waals surface area contributed by atoms with Crippen molar-refractivity contribution in [1.29, 1.82) is 0 Å². The van der Waals surface area contributed by atoms with Crippen LogP contribution in [0.3, 0.4) is 0 Å². The second kappa shape index (κ2) is 8.37. The number of anilines is 2. The van der Waals surface area contributed by atoms with E-state index in [-0.39, 0.29) is 12.1 Å². The molecular formula is C22H20F2N6O. The predicted octanol–water partition coefficient (Wildman–Crippen LogP) is 3.67. The molecule has 0 spiro atoms. The molecule has 0 unspecified atom stereocenters. The molecule has 4 aromatic rings. The quantitative estimate of drug-likeness (QED) is 0.529. The van der Waals surface area contributed by atoms with Gasteiger partial charge in [-0.05, 0) is 30.3 Å². The number of ether oxygens (including phenoxy) is 1. The number of pyridine rings is 1. The summed E-state index contributed by atoms with van der Waals surface area (Å²) in [5.41, 5.74) is 1.77. The van der Waals surface area contributed by atoms with Gasteiger partial charge in [0.15, 0.2) is 0 Å². The Labute approximate surface area is 177 Å². The molecule has 0 amide bonds. The first-order chi connectivity index (χ1) is 15.2. The Morgan fingerprint density at radius 1 is 1.03 bits per heavy atom. The topological polar surface area (TPSA) is 68.1 Å². The average Bonchev–Trinajstić information content (AvgIpc) is 3.21. The van der Waals surface area contributed by atoms with E-state index in [4.69, 9.17) is 4.74 Å². The molecule has 4 heterocycles. The van der Waals surface area contributed by atoms with E-state index < -0.39 is 11.6 Å². The fourth-order valence-corrected chi connectivity index (χ4v) is 3.61. The Morgan fingerprint density at radius 3 is 2.52 bits per heavy atom. The number of hydrogen-bond donors (Lipinski definition) is 1. The van der Waals surface area contributed by atoms with Crippen LogP contribution in [0.2, 0.25) is 0 Å². The molecule has 158 valence electrons. The predicted molar refractivity (Wildman–Crippen MR) is 112 cm³/mol. The fourth-order valence-electron chi connectivity index (χ4n) is 3.61. The molecule has 1 fully saturated rings. The van der Waals surface area contributed by atoms with Crippen molar-refractivity contribution >= 4 is 22.7 Å². The minimum absolute atomic E-state index is 0.0665. The number of aromatic nitrogens is 4. The first-order valence-electron chi connectivity index (χ1n) is 9.97. The van der Waals surface area contributed by atoms with Crippen LogP contribution in [0, 0.1) is 11.6 Å². The van der Waals surface area contributed by atoms with Gasteiger partial charge in [0, 0.05) is 61.1 Å². The van der Waals surface area contributed by atoms with Gasteiger partial charge in [-0.2, -0.15) is 4.98 Å². The van der Waals surface area contributed by atoms with E-state index in [0.29, 0.717) is 43.6 Å². The van der Waals surface area contributed by atoms with E-state index in [1.54, 1.807) is 41.5 Å². The van der Waals surface area contributed by atoms with Crippen molar-refractivity contribution in [2.24, 2.45) is 0 Å². The number of halogens is 2. The van der Waals surface area contributed by atoms with Crippen LogP contribution in [0.5, 0.6) is 0 Å². The zero-order valence-corrected chi connectivity index (χ0v) is 16.6. The van der Waals surface area contributed by atoms with Gasteiger partial charge >= 0.3 is 0 Å². The lowest BCUT2D eigenvalue weighted by molar-refractivity contribution is 0.0332. The highest BCUT2D eigenvalue weighted by Gasteiger charge is 2.18. The standard InChI is InChI=1S/C22H20F2N6O/c23-19-11-17(12-20(24)18(19)14-29-7-9-31-10-8-29)30-6-3-15-13-26-22(28-21(15)30)27-16-1-4-25-5-2-16/h1-6,11-13H,7-10,14H2,(H,25,26,27,28). The van der Waals surface area contributed by atoms with Gasteiger partial charge in [-0.3, -0.25) is 9.88 Å². The molecule has 0 radical (unpaired) electrons. The lowest BCUT2D eigenvalue weighted by atomic mass is 10.1. The smallest absolute Gasteiger partial charge is 0.229 e. The molecule has 5 rings (SSSR count). The lowest BCUT2D eigenvalue weighted by Gasteiger charge is -2.27. The largest absolute Gasteiger partial charge is 0.379 e. The molecule has 7 nitrogen and oxygen atoms in total. The van der Waals surface area contributed by atoms with Crippen molar-refractivity contribution in [2.45, 2.75) is 6.54 Å². The summed E-state index contributed by atoms with van der Waals surface area (Å²) in [5.74, 6) is -0.774. The van der Waals surface area contributed by atoms with E-state index in [1.807, 2.05) is 11.0 Å². The third-order valence-electron chi connectivity index (χ3n) is 5.25. The highest BCUT2D eigenvalue weighted by molar-refractivity contribution is 5.78. The SMILES string of the molecule is Fc1cc(-n2ccc3cnc(Nc4ccncc4)nc32)cc(F)c1CN1CCOCC1. The Kier molecular flexibility index (Phi) is 5.27. The number of benzene rings is 1. The number of rotatable bonds is 5. The number of fused-ring (bicyclic) bond motifs is 1. The number of hydrogen-bond acceptors (Lipinski definition) is 6. The maximum absolute atomic E-state index is 14.9. The van der Waals surface area contributed by atoms with Gasteiger partial charge in [0.05, 0.1) is 18.9 Å². The van der Waals surface area contributed by atoms with Gasteiger partial charge in [-0.25, -0.2) is 13.8 Å². The first-order valence-corrected chi connectivity index (χ1v) is 9.97. The third-order valence-corrected chi connectivity index (χ3v) is 5.25. The third kappa shape index (κ3) is 4.10. The number of morpholine rings is 1. The molecule has 1 N–H and O–H groups in total. The normalized spacial score (nSPS) is 14.8. The number of nitrogens with zero attached hydrogens (tertiary/aromatic N) is 5. The Hall–Kier alpha value is -3.43. The van der Waals surface area contributed by atoms with Crippen molar-refractivity contribution in [3.05, 3.63) is 72.3 Å². The average molecular weight is 422 g/mol. The van der Waals surface area contributed by atoms with Crippen LogP contribution in [-0.4, -0.2) is 50.7 Å². The maximum Gasteiger partial charge on any atom is 0.229 e. The number of nitrogens with one attached hydrogen (secondary N) is 1. The summed E-state index contributed by atoms with van der Waals surface area (Å²) in [6.07, 6.45) is 6.72. The summed E-state index contributed by atoms with van der Waals surface area (Å²) < 4.78 is 36.7. The van der Waals surface area contributed by atoms with E-state index in [0.717, 1.165) is 11.1 Å². The zero-order valence-electron chi connectivity index (χ0n) is 16.6. The maximum atomic E-state index is 14.9. The monoisotopic (exact) mass is 422 g/mol. The van der Waals surface area contributed by atoms with Crippen LogP contribution in [0.4, 0.5) is 20.4 Å². The second-order valence-electron chi connectivity index (χ2n) is 7.30. The molecule has 31 heavy (non-hydrogen) atoms. The van der Waals surface area contributed by atoms with Gasteiger partial charge < -0.3 is 14.6 Å². The summed E-state index contributed by atoms with van der Waals surface area (Å²) in [7, 11) is 0. The highest BCUT2D eigenvalue weighted by atomic mass is 19.1. The Balaban J connectivity index is 1.46. The molecule has 0 bridgehead atoms. The highest BCUT2D eigenvalue weighted by Crippen LogP contribution is 2.25. The van der Waals surface area contributed by atoms with Crippen molar-refractivity contribution in [3.63, 3.8) is 0 Å². The van der Waals surface area contributed by atoms with Crippen LogP contribution in [0.15, 0.2) is 55.1 Å². The van der Waals surface area contributed by atoms with Crippen LogP contribution in [-0.2, 0) is 11.3 Å². The summed E-state index contributed by atoms with van der Waals surface area (Å²) >= 11 is 0. The molecule has 0 aliphatic carbocycles. The summed E-state index contributed by atoms with van der Waals surface area (Å²) in [4.78, 5) is 14.8. The molecular weight excluding hydrogens is 402 g/mol. The van der Waals surface area contributed by atoms with Gasteiger partial charge in [0.1, 0.15) is 17.3 Å². The van der Waals surface area contributed by atoms with Crippen molar-refractivity contribution in [1.82, 2.24) is 24.4 Å². The summed E-state index contributed by atoms with van der Waals surface area (Å²) in [6, 6.07) is 8.09. The van der Waals surface area contributed by atoms with Gasteiger partial charge in [-0.1, -0.05) is 0 Å². The Morgan fingerprint density at radius 2 is 1.77 bits per heavy atom. The van der Waals surface area contributed by atoms with E-state index in [1.165, 1.54) is 12.1 Å². The van der Waals surface area contributed by atoms with Crippen LogP contribution in [0.1, 0.15) is 5.56 Å². The van der Waals surface area contributed by atoms with E-state index in [9.17, 15) is 8.78 Å². The molecule has 3 aromatic heterocycles. The second-order valence-corrected chi connectivity index (χ2v) is 7.30. The minimum Gasteiger partial charge on any atom is -0.379 e. The van der Waals surface area contributed by atoms with Gasteiger partial charge in [0.2, 0.25) is 5.95 Å². The first kappa shape index (κ1) is 19.5. The van der Waals surface area contributed by atoms with Crippen LogP contribution in [0.25, 0.3) is 16.7 Å². The van der Waals surface area contributed by atoms with E-state index in [2.05, 4.69) is 20.3 Å². The summed E-state index contributed by atoms with van der Waals surface area (Å²) in [5, 5.41) is 3.86. The van der Waals surface area contributed by atoms with Crippen molar-refractivity contribution in [3.8, 4) is 5.69 Å². The van der Waals surface area contributed by atoms with Gasteiger partial charge in [0.25, 0.3) is 0 Å².